The van der Waals surface area contributed by atoms with Gasteiger partial charge in [0.25, 0.3) is 0 Å². The third-order valence-corrected chi connectivity index (χ3v) is 5.35. The molecule has 1 aliphatic heterocycles. The van der Waals surface area contributed by atoms with E-state index in [-0.39, 0.29) is 11.5 Å². The number of hydrogen-bond acceptors (Lipinski definition) is 4. The normalized spacial score (nSPS) is 17.7. The highest BCUT2D eigenvalue weighted by Gasteiger charge is 2.22. The van der Waals surface area contributed by atoms with Gasteiger partial charge < -0.3 is 4.57 Å². The van der Waals surface area contributed by atoms with E-state index in [4.69, 9.17) is 0 Å². The minimum absolute atomic E-state index is 0.154. The van der Waals surface area contributed by atoms with Gasteiger partial charge in [-0.05, 0) is 12.1 Å². The molecule has 0 bridgehead atoms. The first kappa shape index (κ1) is 12.8. The van der Waals surface area contributed by atoms with Crippen molar-refractivity contribution in [3.8, 4) is 11.4 Å². The van der Waals surface area contributed by atoms with Gasteiger partial charge in [0.05, 0.1) is 11.5 Å². The fraction of sp³-hybridized carbons (Fsp3) is 0.333. The van der Waals surface area contributed by atoms with E-state index in [1.807, 2.05) is 28.8 Å². The first-order valence-corrected chi connectivity index (χ1v) is 8.55. The van der Waals surface area contributed by atoms with Gasteiger partial charge in [0, 0.05) is 23.0 Å². The molecule has 2 aromatic rings. The van der Waals surface area contributed by atoms with E-state index >= 15 is 0 Å². The van der Waals surface area contributed by atoms with Gasteiger partial charge in [-0.1, -0.05) is 28.1 Å². The highest BCUT2D eigenvalue weighted by atomic mass is 79.9. The first-order valence-electron chi connectivity index (χ1n) is 5.94. The van der Waals surface area contributed by atoms with Crippen molar-refractivity contribution in [3.05, 3.63) is 34.6 Å². The maximum atomic E-state index is 11.7. The summed E-state index contributed by atoms with van der Waals surface area (Å²) < 4.78 is 26.2. The van der Waals surface area contributed by atoms with Crippen molar-refractivity contribution in [3.63, 3.8) is 0 Å². The van der Waals surface area contributed by atoms with Crippen LogP contribution in [0, 0.1) is 0 Å². The minimum Gasteiger partial charge on any atom is -0.310 e. The number of nitrogens with zero attached hydrogens (tertiary/aromatic N) is 3. The quantitative estimate of drug-likeness (QED) is 0.791. The van der Waals surface area contributed by atoms with Crippen molar-refractivity contribution in [1.29, 1.82) is 0 Å². The van der Waals surface area contributed by atoms with Gasteiger partial charge in [-0.15, -0.1) is 10.2 Å². The van der Waals surface area contributed by atoms with E-state index < -0.39 is 9.84 Å². The lowest BCUT2D eigenvalue weighted by atomic mass is 10.2. The molecule has 1 aromatic carbocycles. The smallest absolute Gasteiger partial charge is 0.163 e. The third-order valence-electron chi connectivity index (χ3n) is 3.19. The summed E-state index contributed by atoms with van der Waals surface area (Å²) in [7, 11) is -2.96. The highest BCUT2D eigenvalue weighted by molar-refractivity contribution is 9.10. The molecule has 0 fully saturated rings. The molecule has 3 rings (SSSR count). The van der Waals surface area contributed by atoms with Gasteiger partial charge in [0.15, 0.2) is 15.7 Å². The predicted molar refractivity (Wildman–Crippen MR) is 75.5 cm³/mol. The Kier molecular flexibility index (Phi) is 3.18. The van der Waals surface area contributed by atoms with Gasteiger partial charge in [-0.3, -0.25) is 0 Å². The van der Waals surface area contributed by atoms with Crippen LogP contribution in [0.5, 0.6) is 0 Å². The SMILES string of the molecule is O=S1(=O)CCc2nnc(-c3ccc(Br)cc3)n2CC1. The minimum atomic E-state index is -2.96. The van der Waals surface area contributed by atoms with E-state index in [0.29, 0.717) is 13.0 Å². The van der Waals surface area contributed by atoms with Crippen LogP contribution in [0.1, 0.15) is 5.82 Å². The van der Waals surface area contributed by atoms with Crippen LogP contribution in [0.15, 0.2) is 28.7 Å². The number of aryl methyl sites for hydroxylation is 1. The summed E-state index contributed by atoms with van der Waals surface area (Å²) in [5.41, 5.74) is 0.946. The van der Waals surface area contributed by atoms with Crippen LogP contribution in [0.3, 0.4) is 0 Å². The predicted octanol–water partition coefficient (Wildman–Crippen LogP) is 1.68. The molecule has 5 nitrogen and oxygen atoms in total. The van der Waals surface area contributed by atoms with Gasteiger partial charge in [-0.2, -0.15) is 0 Å². The van der Waals surface area contributed by atoms with Crippen molar-refractivity contribution < 1.29 is 8.42 Å². The summed E-state index contributed by atoms with van der Waals surface area (Å²) in [6, 6.07) is 7.76. The van der Waals surface area contributed by atoms with Gasteiger partial charge in [-0.25, -0.2) is 8.42 Å². The monoisotopic (exact) mass is 341 g/mol. The second kappa shape index (κ2) is 4.72. The van der Waals surface area contributed by atoms with E-state index in [1.165, 1.54) is 0 Å². The molecule has 0 saturated heterocycles. The van der Waals surface area contributed by atoms with E-state index in [1.54, 1.807) is 0 Å². The first-order chi connectivity index (χ1) is 9.05. The summed E-state index contributed by atoms with van der Waals surface area (Å²) in [6.45, 7) is 0.427. The lowest BCUT2D eigenvalue weighted by molar-refractivity contribution is 0.593. The summed E-state index contributed by atoms with van der Waals surface area (Å²) in [5.74, 6) is 1.80. The molecule has 0 unspecified atom stereocenters. The van der Waals surface area contributed by atoms with Crippen LogP contribution in [-0.4, -0.2) is 34.7 Å². The van der Waals surface area contributed by atoms with E-state index in [0.717, 1.165) is 21.7 Å². The van der Waals surface area contributed by atoms with Crippen LogP contribution in [0.4, 0.5) is 0 Å². The van der Waals surface area contributed by atoms with Gasteiger partial charge >= 0.3 is 0 Å². The average Bonchev–Trinajstić information content (AvgIpc) is 2.72. The zero-order valence-corrected chi connectivity index (χ0v) is 12.5. The summed E-state index contributed by atoms with van der Waals surface area (Å²) in [6.07, 6.45) is 0.436. The molecule has 2 heterocycles. The van der Waals surface area contributed by atoms with Crippen LogP contribution in [0.2, 0.25) is 0 Å². The standard InChI is InChI=1S/C12H12BrN3O2S/c13-10-3-1-9(2-4-10)12-15-14-11-5-7-19(17,18)8-6-16(11)12/h1-4H,5-8H2. The van der Waals surface area contributed by atoms with Crippen LogP contribution < -0.4 is 0 Å². The van der Waals surface area contributed by atoms with Gasteiger partial charge in [0.1, 0.15) is 5.82 Å². The molecule has 7 heteroatoms. The molecule has 1 aromatic heterocycles. The van der Waals surface area contributed by atoms with E-state index in [2.05, 4.69) is 26.1 Å². The molecule has 0 atom stereocenters. The number of halogens is 1. The molecule has 0 N–H and O–H groups in total. The number of benzene rings is 1. The second-order valence-electron chi connectivity index (χ2n) is 4.50. The number of aromatic nitrogens is 3. The maximum Gasteiger partial charge on any atom is 0.163 e. The maximum absolute atomic E-state index is 11.7. The molecule has 0 aliphatic carbocycles. The molecule has 19 heavy (non-hydrogen) atoms. The Bertz CT molecular complexity index is 707. The average molecular weight is 342 g/mol. The Morgan fingerprint density at radius 2 is 1.84 bits per heavy atom. The molecular weight excluding hydrogens is 330 g/mol. The lowest BCUT2D eigenvalue weighted by Crippen LogP contribution is -2.12. The summed E-state index contributed by atoms with van der Waals surface area (Å²) in [4.78, 5) is 0. The van der Waals surface area contributed by atoms with Gasteiger partial charge in [0.2, 0.25) is 0 Å². The number of rotatable bonds is 1. The van der Waals surface area contributed by atoms with Crippen molar-refractivity contribution in [1.82, 2.24) is 14.8 Å². The fourth-order valence-corrected chi connectivity index (χ4v) is 3.57. The Balaban J connectivity index is 2.02. The Hall–Kier alpha value is -1.21. The highest BCUT2D eigenvalue weighted by Crippen LogP contribution is 2.22. The zero-order chi connectivity index (χ0) is 13.5. The molecule has 1 aliphatic rings. The molecule has 100 valence electrons. The van der Waals surface area contributed by atoms with Crippen molar-refractivity contribution in [2.75, 3.05) is 11.5 Å². The topological polar surface area (TPSA) is 64.8 Å². The summed E-state index contributed by atoms with van der Waals surface area (Å²) in [5, 5.41) is 8.31. The van der Waals surface area contributed by atoms with Crippen LogP contribution >= 0.6 is 15.9 Å². The van der Waals surface area contributed by atoms with Crippen molar-refractivity contribution >= 4 is 25.8 Å². The second-order valence-corrected chi connectivity index (χ2v) is 7.72. The lowest BCUT2D eigenvalue weighted by Gasteiger charge is -2.06. The largest absolute Gasteiger partial charge is 0.310 e. The molecular formula is C12H12BrN3O2S. The summed E-state index contributed by atoms with van der Waals surface area (Å²) >= 11 is 3.39. The van der Waals surface area contributed by atoms with E-state index in [9.17, 15) is 8.42 Å². The Labute approximate surface area is 119 Å². The number of sulfone groups is 1. The fourth-order valence-electron chi connectivity index (χ4n) is 2.15. The number of fused-ring (bicyclic) bond motifs is 1. The molecule has 0 radical (unpaired) electrons. The molecule has 0 saturated carbocycles. The molecule has 0 spiro atoms. The van der Waals surface area contributed by atoms with Crippen molar-refractivity contribution in [2.45, 2.75) is 13.0 Å². The van der Waals surface area contributed by atoms with Crippen LogP contribution in [-0.2, 0) is 22.8 Å². The Morgan fingerprint density at radius 3 is 2.58 bits per heavy atom. The molecule has 0 amide bonds. The Morgan fingerprint density at radius 1 is 1.11 bits per heavy atom. The zero-order valence-electron chi connectivity index (χ0n) is 10.1. The van der Waals surface area contributed by atoms with Crippen molar-refractivity contribution in [2.24, 2.45) is 0 Å². The number of hydrogen-bond donors (Lipinski definition) is 0. The van der Waals surface area contributed by atoms with Crippen LogP contribution in [0.25, 0.3) is 11.4 Å². The third kappa shape index (κ3) is 2.57.